The van der Waals surface area contributed by atoms with Crippen molar-refractivity contribution >= 4 is 5.97 Å². The van der Waals surface area contributed by atoms with Gasteiger partial charge in [0.05, 0.1) is 11.8 Å². The number of hydrogen-bond acceptors (Lipinski definition) is 6. The van der Waals surface area contributed by atoms with Crippen LogP contribution in [0.15, 0.2) is 45.4 Å². The minimum absolute atomic E-state index is 0.0835. The highest BCUT2D eigenvalue weighted by Gasteiger charge is 2.14. The lowest BCUT2D eigenvalue weighted by Crippen LogP contribution is -2.07. The molecule has 0 aliphatic rings. The third-order valence-electron chi connectivity index (χ3n) is 3.13. The second-order valence-corrected chi connectivity index (χ2v) is 4.87. The van der Waals surface area contributed by atoms with Gasteiger partial charge in [0, 0.05) is 0 Å². The highest BCUT2D eigenvalue weighted by atomic mass is 16.5. The van der Waals surface area contributed by atoms with Crippen molar-refractivity contribution in [3.63, 3.8) is 0 Å². The molecule has 0 radical (unpaired) electrons. The number of furan rings is 1. The number of aryl methyl sites for hydroxylation is 2. The average molecular weight is 298 g/mol. The molecule has 0 unspecified atom stereocenters. The number of hydrogen-bond donors (Lipinski definition) is 0. The fourth-order valence-corrected chi connectivity index (χ4v) is 2.06. The molecular formula is C16H14N2O4. The third kappa shape index (κ3) is 2.90. The predicted octanol–water partition coefficient (Wildman–Crippen LogP) is 3.30. The Morgan fingerprint density at radius 3 is 2.82 bits per heavy atom. The highest BCUT2D eigenvalue weighted by molar-refractivity contribution is 5.91. The second-order valence-electron chi connectivity index (χ2n) is 4.87. The Labute approximate surface area is 126 Å². The molecule has 0 N–H and O–H groups in total. The molecule has 0 saturated carbocycles. The molecule has 0 bridgehead atoms. The van der Waals surface area contributed by atoms with Crippen LogP contribution in [0.5, 0.6) is 0 Å². The van der Waals surface area contributed by atoms with Gasteiger partial charge in [0.25, 0.3) is 11.8 Å². The van der Waals surface area contributed by atoms with Crippen LogP contribution in [-0.2, 0) is 11.3 Å². The van der Waals surface area contributed by atoms with Crippen LogP contribution in [-0.4, -0.2) is 16.2 Å². The summed E-state index contributed by atoms with van der Waals surface area (Å²) in [5.74, 6) is 0.516. The molecule has 0 aliphatic heterocycles. The molecular weight excluding hydrogens is 284 g/mol. The molecule has 0 spiro atoms. The molecule has 3 aromatic rings. The fraction of sp³-hybridized carbons (Fsp3) is 0.188. The molecule has 6 nitrogen and oxygen atoms in total. The van der Waals surface area contributed by atoms with Crippen molar-refractivity contribution in [2.45, 2.75) is 20.5 Å². The maximum absolute atomic E-state index is 12.1. The van der Waals surface area contributed by atoms with E-state index < -0.39 is 5.97 Å². The predicted molar refractivity (Wildman–Crippen MR) is 77.0 cm³/mol. The minimum atomic E-state index is -0.421. The van der Waals surface area contributed by atoms with Crippen LogP contribution in [0, 0.1) is 13.8 Å². The summed E-state index contributed by atoms with van der Waals surface area (Å²) in [6.45, 7) is 3.75. The minimum Gasteiger partial charge on any atom is -0.459 e. The van der Waals surface area contributed by atoms with E-state index in [0.29, 0.717) is 11.3 Å². The quantitative estimate of drug-likeness (QED) is 0.688. The van der Waals surface area contributed by atoms with E-state index in [2.05, 4.69) is 10.2 Å². The van der Waals surface area contributed by atoms with E-state index in [4.69, 9.17) is 13.6 Å². The molecule has 2 aromatic heterocycles. The topological polar surface area (TPSA) is 78.4 Å². The van der Waals surface area contributed by atoms with Gasteiger partial charge in [-0.05, 0) is 37.6 Å². The number of ether oxygens (including phenoxy) is 1. The first-order valence-corrected chi connectivity index (χ1v) is 6.74. The van der Waals surface area contributed by atoms with Crippen LogP contribution in [0.3, 0.4) is 0 Å². The van der Waals surface area contributed by atoms with Gasteiger partial charge in [-0.1, -0.05) is 17.7 Å². The number of carbonyl (C=O) groups is 1. The van der Waals surface area contributed by atoms with Gasteiger partial charge < -0.3 is 13.6 Å². The van der Waals surface area contributed by atoms with Gasteiger partial charge in [-0.15, -0.1) is 10.2 Å². The van der Waals surface area contributed by atoms with Crippen LogP contribution >= 0.6 is 0 Å². The van der Waals surface area contributed by atoms with Crippen molar-refractivity contribution in [1.29, 1.82) is 0 Å². The Morgan fingerprint density at radius 1 is 1.23 bits per heavy atom. The van der Waals surface area contributed by atoms with E-state index in [1.165, 1.54) is 6.26 Å². The number of nitrogens with zero attached hydrogens (tertiary/aromatic N) is 2. The number of aromatic nitrogens is 2. The van der Waals surface area contributed by atoms with Gasteiger partial charge >= 0.3 is 5.97 Å². The van der Waals surface area contributed by atoms with Gasteiger partial charge in [-0.2, -0.15) is 0 Å². The number of carbonyl (C=O) groups excluding carboxylic acids is 1. The second kappa shape index (κ2) is 5.85. The summed E-state index contributed by atoms with van der Waals surface area (Å²) in [5, 5.41) is 7.66. The molecule has 6 heteroatoms. The zero-order valence-electron chi connectivity index (χ0n) is 12.2. The standard InChI is InChI=1S/C16H14N2O4/c1-10-5-6-12(11(2)8-10)16(19)21-9-14-17-18-15(22-14)13-4-3-7-20-13/h3-8H,9H2,1-2H3. The van der Waals surface area contributed by atoms with Crippen molar-refractivity contribution in [2.24, 2.45) is 0 Å². The smallest absolute Gasteiger partial charge is 0.338 e. The fourth-order valence-electron chi connectivity index (χ4n) is 2.06. The van der Waals surface area contributed by atoms with Gasteiger partial charge in [0.15, 0.2) is 12.4 Å². The van der Waals surface area contributed by atoms with E-state index in [0.717, 1.165) is 11.1 Å². The van der Waals surface area contributed by atoms with Crippen molar-refractivity contribution < 1.29 is 18.4 Å². The summed E-state index contributed by atoms with van der Waals surface area (Å²) in [4.78, 5) is 12.1. The summed E-state index contributed by atoms with van der Waals surface area (Å²) in [6, 6.07) is 8.97. The lowest BCUT2D eigenvalue weighted by Gasteiger charge is -2.06. The molecule has 0 fully saturated rings. The van der Waals surface area contributed by atoms with Crippen LogP contribution < -0.4 is 0 Å². The molecule has 1 aromatic carbocycles. The lowest BCUT2D eigenvalue weighted by molar-refractivity contribution is 0.0437. The first-order chi connectivity index (χ1) is 10.6. The summed E-state index contributed by atoms with van der Waals surface area (Å²) in [7, 11) is 0. The maximum Gasteiger partial charge on any atom is 0.338 e. The normalized spacial score (nSPS) is 10.6. The monoisotopic (exact) mass is 298 g/mol. The van der Waals surface area contributed by atoms with Crippen molar-refractivity contribution in [3.8, 4) is 11.7 Å². The zero-order chi connectivity index (χ0) is 15.5. The zero-order valence-corrected chi connectivity index (χ0v) is 12.2. The molecule has 112 valence electrons. The third-order valence-corrected chi connectivity index (χ3v) is 3.13. The van der Waals surface area contributed by atoms with Gasteiger partial charge in [0.1, 0.15) is 0 Å². The molecule has 2 heterocycles. The molecule has 0 atom stereocenters. The van der Waals surface area contributed by atoms with E-state index in [9.17, 15) is 4.79 Å². The Morgan fingerprint density at radius 2 is 2.09 bits per heavy atom. The first-order valence-electron chi connectivity index (χ1n) is 6.74. The summed E-state index contributed by atoms with van der Waals surface area (Å²) in [5.41, 5.74) is 2.48. The summed E-state index contributed by atoms with van der Waals surface area (Å²) >= 11 is 0. The average Bonchev–Trinajstić information content (AvgIpc) is 3.16. The highest BCUT2D eigenvalue weighted by Crippen LogP contribution is 2.18. The number of rotatable bonds is 4. The number of benzene rings is 1. The van der Waals surface area contributed by atoms with Gasteiger partial charge in [-0.3, -0.25) is 0 Å². The van der Waals surface area contributed by atoms with E-state index >= 15 is 0 Å². The summed E-state index contributed by atoms with van der Waals surface area (Å²) in [6.07, 6.45) is 1.51. The Bertz CT molecular complexity index is 790. The Kier molecular flexibility index (Phi) is 3.74. The lowest BCUT2D eigenvalue weighted by atomic mass is 10.1. The van der Waals surface area contributed by atoms with Crippen molar-refractivity contribution in [3.05, 3.63) is 59.2 Å². The van der Waals surface area contributed by atoms with Crippen molar-refractivity contribution in [1.82, 2.24) is 10.2 Å². The summed E-state index contributed by atoms with van der Waals surface area (Å²) < 4.78 is 15.7. The van der Waals surface area contributed by atoms with Gasteiger partial charge in [0.2, 0.25) is 0 Å². The van der Waals surface area contributed by atoms with Crippen LogP contribution in [0.25, 0.3) is 11.7 Å². The molecule has 3 rings (SSSR count). The van der Waals surface area contributed by atoms with Gasteiger partial charge in [-0.25, -0.2) is 4.79 Å². The largest absolute Gasteiger partial charge is 0.459 e. The van der Waals surface area contributed by atoms with E-state index in [-0.39, 0.29) is 18.4 Å². The van der Waals surface area contributed by atoms with Crippen molar-refractivity contribution in [2.75, 3.05) is 0 Å². The van der Waals surface area contributed by atoms with Crippen LogP contribution in [0.4, 0.5) is 0 Å². The van der Waals surface area contributed by atoms with E-state index in [1.54, 1.807) is 18.2 Å². The molecule has 0 amide bonds. The van der Waals surface area contributed by atoms with Crippen LogP contribution in [0.1, 0.15) is 27.4 Å². The first kappa shape index (κ1) is 14.1. The maximum atomic E-state index is 12.1. The molecule has 0 aliphatic carbocycles. The molecule has 22 heavy (non-hydrogen) atoms. The Hall–Kier alpha value is -2.89. The number of esters is 1. The molecule has 0 saturated heterocycles. The SMILES string of the molecule is Cc1ccc(C(=O)OCc2nnc(-c3ccco3)o2)c(C)c1. The van der Waals surface area contributed by atoms with Crippen LogP contribution in [0.2, 0.25) is 0 Å². The Balaban J connectivity index is 1.66. The van der Waals surface area contributed by atoms with E-state index in [1.807, 2.05) is 26.0 Å².